The summed E-state index contributed by atoms with van der Waals surface area (Å²) in [6, 6.07) is 19.6. The number of carbonyl (C=O) groups is 1. The fourth-order valence-corrected chi connectivity index (χ4v) is 4.24. The van der Waals surface area contributed by atoms with Gasteiger partial charge in [-0.05, 0) is 37.3 Å². The van der Waals surface area contributed by atoms with Gasteiger partial charge in [0.2, 0.25) is 0 Å². The number of nitro benzene ring substituents is 1. The molecule has 188 valence electrons. The van der Waals surface area contributed by atoms with E-state index in [0.717, 1.165) is 16.8 Å². The molecule has 0 unspecified atom stereocenters. The Kier molecular flexibility index (Phi) is 8.16. The lowest BCUT2D eigenvalue weighted by atomic mass is 10.1. The molecule has 0 saturated carbocycles. The number of halogens is 1. The molecule has 4 aromatic rings. The fraction of sp³-hybridized carbons (Fsp3) is 0.120. The Labute approximate surface area is 221 Å². The fourth-order valence-electron chi connectivity index (χ4n) is 3.31. The van der Waals surface area contributed by atoms with Gasteiger partial charge in [-0.1, -0.05) is 59.3 Å². The molecule has 3 aromatic carbocycles. The van der Waals surface area contributed by atoms with Crippen LogP contribution in [0.25, 0.3) is 17.1 Å². The molecule has 0 atom stereocenters. The molecule has 1 N–H and O–H groups in total. The Balaban J connectivity index is 1.50. The summed E-state index contributed by atoms with van der Waals surface area (Å²) in [4.78, 5) is 22.9. The summed E-state index contributed by atoms with van der Waals surface area (Å²) in [5.74, 6) is 0.979. The van der Waals surface area contributed by atoms with Crippen LogP contribution in [0.3, 0.4) is 0 Å². The summed E-state index contributed by atoms with van der Waals surface area (Å²) in [6.45, 7) is 2.01. The number of amides is 1. The number of aryl methyl sites for hydroxylation is 1. The quantitative estimate of drug-likeness (QED) is 0.137. The topological polar surface area (TPSA) is 125 Å². The van der Waals surface area contributed by atoms with Gasteiger partial charge in [-0.25, -0.2) is 5.43 Å². The predicted octanol–water partition coefficient (Wildman–Crippen LogP) is 5.06. The minimum absolute atomic E-state index is 0.0142. The number of nitrogens with one attached hydrogen (secondary N) is 1. The smallest absolute Gasteiger partial charge is 0.288 e. The zero-order valence-electron chi connectivity index (χ0n) is 19.8. The number of nitrogens with zero attached hydrogens (tertiary/aromatic N) is 5. The first-order valence-electron chi connectivity index (χ1n) is 10.9. The summed E-state index contributed by atoms with van der Waals surface area (Å²) in [6.07, 6.45) is 1.31. The average Bonchev–Trinajstić information content (AvgIpc) is 3.32. The number of thioether (sulfide) groups is 1. The molecular weight excluding hydrogens is 516 g/mol. The second-order valence-corrected chi connectivity index (χ2v) is 9.11. The third-order valence-corrected chi connectivity index (χ3v) is 6.42. The molecule has 4 rings (SSSR count). The van der Waals surface area contributed by atoms with E-state index >= 15 is 0 Å². The zero-order valence-corrected chi connectivity index (χ0v) is 21.4. The molecule has 37 heavy (non-hydrogen) atoms. The molecule has 1 aromatic heterocycles. The van der Waals surface area contributed by atoms with Crippen molar-refractivity contribution in [3.05, 3.63) is 93.0 Å². The van der Waals surface area contributed by atoms with E-state index in [1.165, 1.54) is 30.1 Å². The minimum Gasteiger partial charge on any atom is -0.497 e. The summed E-state index contributed by atoms with van der Waals surface area (Å²) < 4.78 is 7.14. The van der Waals surface area contributed by atoms with Crippen LogP contribution in [0.1, 0.15) is 11.1 Å². The van der Waals surface area contributed by atoms with Gasteiger partial charge in [-0.15, -0.1) is 10.2 Å². The standard InChI is InChI=1S/C25H21ClN6O4S/c1-16-3-6-18(7-4-16)24-29-30-25(31(24)19-8-10-20(36-2)11-9-19)37-15-23(33)28-27-14-17-5-12-21(26)22(13-17)32(34)35/h3-14H,15H2,1-2H3,(H,28,33). The van der Waals surface area contributed by atoms with Crippen LogP contribution in [0, 0.1) is 17.0 Å². The Hall–Kier alpha value is -4.22. The molecule has 0 aliphatic rings. The number of aromatic nitrogens is 3. The van der Waals surface area contributed by atoms with Crippen LogP contribution < -0.4 is 10.2 Å². The van der Waals surface area contributed by atoms with Gasteiger partial charge in [0.15, 0.2) is 11.0 Å². The van der Waals surface area contributed by atoms with Crippen LogP contribution in [0.4, 0.5) is 5.69 Å². The van der Waals surface area contributed by atoms with E-state index in [-0.39, 0.29) is 22.4 Å². The third-order valence-electron chi connectivity index (χ3n) is 5.18. The number of hydrogen-bond donors (Lipinski definition) is 1. The lowest BCUT2D eigenvalue weighted by molar-refractivity contribution is -0.384. The van der Waals surface area contributed by atoms with Gasteiger partial charge >= 0.3 is 0 Å². The SMILES string of the molecule is COc1ccc(-n2c(SCC(=O)NN=Cc3ccc(Cl)c([N+](=O)[O-])c3)nnc2-c2ccc(C)cc2)cc1. The molecule has 0 fully saturated rings. The Morgan fingerprint density at radius 3 is 2.57 bits per heavy atom. The van der Waals surface area contributed by atoms with E-state index in [0.29, 0.717) is 22.3 Å². The van der Waals surface area contributed by atoms with E-state index in [9.17, 15) is 14.9 Å². The first kappa shape index (κ1) is 25.9. The lowest BCUT2D eigenvalue weighted by Gasteiger charge is -2.11. The first-order chi connectivity index (χ1) is 17.9. The van der Waals surface area contributed by atoms with Crippen LogP contribution in [0.2, 0.25) is 5.02 Å². The number of ether oxygens (including phenoxy) is 1. The predicted molar refractivity (Wildman–Crippen MR) is 143 cm³/mol. The van der Waals surface area contributed by atoms with Gasteiger partial charge in [0.1, 0.15) is 10.8 Å². The molecule has 10 nitrogen and oxygen atoms in total. The first-order valence-corrected chi connectivity index (χ1v) is 12.3. The number of carbonyl (C=O) groups excluding carboxylic acids is 1. The zero-order chi connectivity index (χ0) is 26.4. The van der Waals surface area contributed by atoms with Gasteiger partial charge < -0.3 is 4.74 Å². The van der Waals surface area contributed by atoms with Gasteiger partial charge in [0.25, 0.3) is 11.6 Å². The van der Waals surface area contributed by atoms with Crippen molar-refractivity contribution in [1.29, 1.82) is 0 Å². The molecule has 1 heterocycles. The number of hydrogen-bond acceptors (Lipinski definition) is 8. The largest absolute Gasteiger partial charge is 0.497 e. The van der Waals surface area contributed by atoms with Gasteiger partial charge in [-0.3, -0.25) is 19.5 Å². The molecular formula is C25H21ClN6O4S. The molecule has 1 amide bonds. The van der Waals surface area contributed by atoms with Crippen molar-refractivity contribution < 1.29 is 14.5 Å². The maximum Gasteiger partial charge on any atom is 0.288 e. The van der Waals surface area contributed by atoms with Gasteiger partial charge in [0.05, 0.1) is 24.0 Å². The Morgan fingerprint density at radius 2 is 1.89 bits per heavy atom. The number of methoxy groups -OCH3 is 1. The summed E-state index contributed by atoms with van der Waals surface area (Å²) in [5.41, 5.74) is 5.42. The van der Waals surface area contributed by atoms with Crippen molar-refractivity contribution in [1.82, 2.24) is 20.2 Å². The lowest BCUT2D eigenvalue weighted by Crippen LogP contribution is -2.20. The average molecular weight is 537 g/mol. The highest BCUT2D eigenvalue weighted by molar-refractivity contribution is 7.99. The van der Waals surface area contributed by atoms with Crippen molar-refractivity contribution in [3.8, 4) is 22.8 Å². The highest BCUT2D eigenvalue weighted by Crippen LogP contribution is 2.29. The van der Waals surface area contributed by atoms with Crippen LogP contribution in [0.15, 0.2) is 77.0 Å². The maximum atomic E-state index is 12.4. The van der Waals surface area contributed by atoms with Crippen molar-refractivity contribution in [3.63, 3.8) is 0 Å². The molecule has 0 saturated heterocycles. The molecule has 0 bridgehead atoms. The van der Waals surface area contributed by atoms with E-state index < -0.39 is 4.92 Å². The monoisotopic (exact) mass is 536 g/mol. The number of benzene rings is 3. The molecule has 0 aliphatic heterocycles. The number of rotatable bonds is 9. The summed E-state index contributed by atoms with van der Waals surface area (Å²) >= 11 is 7.02. The number of nitro groups is 1. The van der Waals surface area contributed by atoms with Crippen molar-refractivity contribution in [2.24, 2.45) is 5.10 Å². The Bertz CT molecular complexity index is 1460. The molecule has 12 heteroatoms. The molecule has 0 spiro atoms. The van der Waals surface area contributed by atoms with Crippen molar-refractivity contribution in [2.45, 2.75) is 12.1 Å². The third kappa shape index (κ3) is 6.32. The molecule has 0 aliphatic carbocycles. The minimum atomic E-state index is -0.585. The maximum absolute atomic E-state index is 12.4. The van der Waals surface area contributed by atoms with Crippen molar-refractivity contribution in [2.75, 3.05) is 12.9 Å². The highest BCUT2D eigenvalue weighted by atomic mass is 35.5. The normalized spacial score (nSPS) is 11.0. The Morgan fingerprint density at radius 1 is 1.16 bits per heavy atom. The van der Waals surface area contributed by atoms with Crippen LogP contribution in [0.5, 0.6) is 5.75 Å². The summed E-state index contributed by atoms with van der Waals surface area (Å²) in [7, 11) is 1.60. The summed E-state index contributed by atoms with van der Waals surface area (Å²) in [5, 5.41) is 24.2. The van der Waals surface area contributed by atoms with Crippen LogP contribution in [-0.2, 0) is 4.79 Å². The second kappa shape index (κ2) is 11.7. The van der Waals surface area contributed by atoms with Gasteiger partial charge in [0, 0.05) is 22.9 Å². The van der Waals surface area contributed by atoms with E-state index in [4.69, 9.17) is 16.3 Å². The van der Waals surface area contributed by atoms with E-state index in [2.05, 4.69) is 20.7 Å². The van der Waals surface area contributed by atoms with Gasteiger partial charge in [-0.2, -0.15) is 5.10 Å². The highest BCUT2D eigenvalue weighted by Gasteiger charge is 2.17. The number of hydrazone groups is 1. The van der Waals surface area contributed by atoms with Crippen molar-refractivity contribution >= 4 is 41.2 Å². The van der Waals surface area contributed by atoms with E-state index in [1.54, 1.807) is 13.2 Å². The second-order valence-electron chi connectivity index (χ2n) is 7.76. The van der Waals surface area contributed by atoms with Crippen LogP contribution in [-0.4, -0.2) is 44.7 Å². The van der Waals surface area contributed by atoms with Crippen LogP contribution >= 0.6 is 23.4 Å². The molecule has 0 radical (unpaired) electrons. The van der Waals surface area contributed by atoms with E-state index in [1.807, 2.05) is 60.0 Å².